The first kappa shape index (κ1) is 28.1. The zero-order chi connectivity index (χ0) is 33.9. The fraction of sp³-hybridized carbons (Fsp3) is 0. The van der Waals surface area contributed by atoms with Gasteiger partial charge in [0.1, 0.15) is 11.2 Å². The minimum Gasteiger partial charge on any atom is -0.456 e. The molecule has 0 aliphatic rings. The van der Waals surface area contributed by atoms with E-state index in [2.05, 4.69) is 179 Å². The number of rotatable bonds is 3. The Morgan fingerprint density at radius 3 is 1.69 bits per heavy atom. The van der Waals surface area contributed by atoms with Crippen LogP contribution in [0.4, 0.5) is 0 Å². The molecule has 0 saturated carbocycles. The highest BCUT2D eigenvalue weighted by Crippen LogP contribution is 2.43. The first-order valence-corrected chi connectivity index (χ1v) is 18.5. The molecule has 0 atom stereocenters. The third-order valence-electron chi connectivity index (χ3n) is 10.9. The molecule has 0 aliphatic heterocycles. The summed E-state index contributed by atoms with van der Waals surface area (Å²) in [6.45, 7) is 0. The van der Waals surface area contributed by atoms with E-state index in [1.165, 1.54) is 74.9 Å². The summed E-state index contributed by atoms with van der Waals surface area (Å²) < 4.78 is 14.1. The van der Waals surface area contributed by atoms with Crippen LogP contribution in [0, 0.1) is 0 Å². The van der Waals surface area contributed by atoms with E-state index in [0.29, 0.717) is 0 Å². The van der Waals surface area contributed by atoms with Crippen molar-refractivity contribution in [1.29, 1.82) is 0 Å². The lowest BCUT2D eigenvalue weighted by Gasteiger charge is -2.12. The van der Waals surface area contributed by atoms with Crippen LogP contribution >= 0.6 is 11.3 Å². The van der Waals surface area contributed by atoms with Crippen LogP contribution in [0.3, 0.4) is 0 Å². The summed E-state index contributed by atoms with van der Waals surface area (Å²) in [4.78, 5) is 0. The van der Waals surface area contributed by atoms with Gasteiger partial charge in [-0.15, -0.1) is 11.3 Å². The Kier molecular flexibility index (Phi) is 5.65. The fourth-order valence-electron chi connectivity index (χ4n) is 8.60. The molecule has 52 heavy (non-hydrogen) atoms. The van der Waals surface area contributed by atoms with Crippen LogP contribution in [0.1, 0.15) is 0 Å². The summed E-state index contributed by atoms with van der Waals surface area (Å²) in [6.07, 6.45) is 0. The van der Waals surface area contributed by atoms with Crippen LogP contribution in [-0.2, 0) is 0 Å². The second-order valence-electron chi connectivity index (χ2n) is 13.7. The minimum absolute atomic E-state index is 0.881. The van der Waals surface area contributed by atoms with Crippen LogP contribution in [0.25, 0.3) is 108 Å². The van der Waals surface area contributed by atoms with E-state index in [0.717, 1.165) is 33.3 Å². The average Bonchev–Trinajstić information content (AvgIpc) is 3.95. The molecule has 4 heteroatoms. The maximum Gasteiger partial charge on any atom is 0.137 e. The van der Waals surface area contributed by atoms with Gasteiger partial charge in [-0.2, -0.15) is 0 Å². The van der Waals surface area contributed by atoms with E-state index < -0.39 is 0 Å². The number of hydrogen-bond donors (Lipinski definition) is 0. The molecule has 0 amide bonds. The molecule has 0 aliphatic carbocycles. The van der Waals surface area contributed by atoms with Crippen LogP contribution in [-0.4, -0.2) is 9.13 Å². The fourth-order valence-corrected chi connectivity index (χ4v) is 9.75. The molecule has 12 rings (SSSR count). The van der Waals surface area contributed by atoms with Gasteiger partial charge in [0.15, 0.2) is 0 Å². The van der Waals surface area contributed by atoms with E-state index >= 15 is 0 Å². The van der Waals surface area contributed by atoms with Crippen LogP contribution in [0.5, 0.6) is 0 Å². The van der Waals surface area contributed by atoms with Crippen molar-refractivity contribution in [3.63, 3.8) is 0 Å². The number of furan rings is 1. The summed E-state index contributed by atoms with van der Waals surface area (Å²) in [5.41, 5.74) is 11.2. The summed E-state index contributed by atoms with van der Waals surface area (Å²) >= 11 is 1.86. The predicted molar refractivity (Wildman–Crippen MR) is 221 cm³/mol. The van der Waals surface area contributed by atoms with E-state index in [1.807, 2.05) is 11.3 Å². The van der Waals surface area contributed by atoms with Crippen molar-refractivity contribution in [1.82, 2.24) is 9.13 Å². The van der Waals surface area contributed by atoms with Gasteiger partial charge >= 0.3 is 0 Å². The van der Waals surface area contributed by atoms with E-state index in [4.69, 9.17) is 4.42 Å². The standard InChI is InChI=1S/C48H28N2OS/c1-2-10-31(11-3-1)49-41-15-7-4-12-33(41)38-23-24-39-34-13-5-8-16-42(34)50(48(39)47(38)49)32-20-22-35-40-26-29(19-25-43(40)51-44(35)28-32)30-18-21-37-36-14-6-9-17-45(36)52-46(37)27-30/h1-28H. The molecule has 242 valence electrons. The lowest BCUT2D eigenvalue weighted by Crippen LogP contribution is -1.98. The van der Waals surface area contributed by atoms with Gasteiger partial charge in [0.2, 0.25) is 0 Å². The van der Waals surface area contributed by atoms with Gasteiger partial charge < -0.3 is 13.6 Å². The topological polar surface area (TPSA) is 23.0 Å². The molecule has 4 aromatic heterocycles. The van der Waals surface area contributed by atoms with Gasteiger partial charge in [0.25, 0.3) is 0 Å². The van der Waals surface area contributed by atoms with Crippen molar-refractivity contribution in [3.05, 3.63) is 170 Å². The molecule has 3 nitrogen and oxygen atoms in total. The maximum atomic E-state index is 6.63. The molecule has 0 saturated heterocycles. The van der Waals surface area contributed by atoms with Crippen LogP contribution in [0.2, 0.25) is 0 Å². The van der Waals surface area contributed by atoms with Crippen molar-refractivity contribution < 1.29 is 4.42 Å². The van der Waals surface area contributed by atoms with Gasteiger partial charge in [0.05, 0.1) is 27.8 Å². The van der Waals surface area contributed by atoms with Gasteiger partial charge in [-0.3, -0.25) is 0 Å². The van der Waals surface area contributed by atoms with E-state index in [9.17, 15) is 0 Å². The number of hydrogen-bond acceptors (Lipinski definition) is 2. The molecule has 12 aromatic rings. The summed E-state index contributed by atoms with van der Waals surface area (Å²) in [7, 11) is 0. The Hall–Kier alpha value is -6.62. The average molecular weight is 681 g/mol. The number of fused-ring (bicyclic) bond motifs is 13. The van der Waals surface area contributed by atoms with Crippen molar-refractivity contribution >= 4 is 97.1 Å². The van der Waals surface area contributed by atoms with E-state index in [-0.39, 0.29) is 0 Å². The first-order valence-electron chi connectivity index (χ1n) is 17.7. The number of benzene rings is 8. The molecule has 0 N–H and O–H groups in total. The molecular weight excluding hydrogens is 653 g/mol. The summed E-state index contributed by atoms with van der Waals surface area (Å²) in [5.74, 6) is 0. The van der Waals surface area contributed by atoms with Gasteiger partial charge in [-0.05, 0) is 71.8 Å². The smallest absolute Gasteiger partial charge is 0.137 e. The molecule has 0 bridgehead atoms. The molecule has 0 unspecified atom stereocenters. The normalized spacial score (nSPS) is 12.2. The molecule has 8 aromatic carbocycles. The highest BCUT2D eigenvalue weighted by molar-refractivity contribution is 7.25. The Labute approximate surface area is 301 Å². The van der Waals surface area contributed by atoms with Crippen LogP contribution < -0.4 is 0 Å². The number of para-hydroxylation sites is 3. The SMILES string of the molecule is c1ccc(-n2c3ccccc3c3ccc4c5ccccc5n(-c5ccc6c(c5)oc5ccc(-c7ccc8c(c7)sc7ccccc78)cc56)c4c32)cc1. The Morgan fingerprint density at radius 2 is 0.923 bits per heavy atom. The lowest BCUT2D eigenvalue weighted by atomic mass is 10.0. The second-order valence-corrected chi connectivity index (χ2v) is 14.8. The zero-order valence-electron chi connectivity index (χ0n) is 27.9. The Balaban J connectivity index is 1.09. The largest absolute Gasteiger partial charge is 0.456 e. The Morgan fingerprint density at radius 1 is 0.346 bits per heavy atom. The van der Waals surface area contributed by atoms with Crippen LogP contribution in [0.15, 0.2) is 174 Å². The van der Waals surface area contributed by atoms with Crippen molar-refractivity contribution in [2.75, 3.05) is 0 Å². The monoisotopic (exact) mass is 680 g/mol. The van der Waals surface area contributed by atoms with Gasteiger partial charge in [-0.25, -0.2) is 0 Å². The highest BCUT2D eigenvalue weighted by Gasteiger charge is 2.21. The minimum atomic E-state index is 0.881. The molecule has 0 radical (unpaired) electrons. The van der Waals surface area contributed by atoms with Crippen molar-refractivity contribution in [3.8, 4) is 22.5 Å². The van der Waals surface area contributed by atoms with Crippen molar-refractivity contribution in [2.45, 2.75) is 0 Å². The zero-order valence-corrected chi connectivity index (χ0v) is 28.7. The molecular formula is C48H28N2OS. The number of thiophene rings is 1. The summed E-state index contributed by atoms with van der Waals surface area (Å²) in [6, 6.07) is 61.7. The maximum absolute atomic E-state index is 6.63. The molecule has 0 fully saturated rings. The number of aromatic nitrogens is 2. The Bertz CT molecular complexity index is 3410. The van der Waals surface area contributed by atoms with E-state index in [1.54, 1.807) is 0 Å². The second kappa shape index (κ2) is 10.5. The van der Waals surface area contributed by atoms with Crippen molar-refractivity contribution in [2.24, 2.45) is 0 Å². The third kappa shape index (κ3) is 3.84. The van der Waals surface area contributed by atoms with Gasteiger partial charge in [0, 0.05) is 64.2 Å². The first-order chi connectivity index (χ1) is 25.8. The van der Waals surface area contributed by atoms with Gasteiger partial charge in [-0.1, -0.05) is 103 Å². The quantitative estimate of drug-likeness (QED) is 0.182. The number of nitrogens with zero attached hydrogens (tertiary/aromatic N) is 2. The highest BCUT2D eigenvalue weighted by atomic mass is 32.1. The molecule has 0 spiro atoms. The molecule has 4 heterocycles. The lowest BCUT2D eigenvalue weighted by molar-refractivity contribution is 0.668. The third-order valence-corrected chi connectivity index (χ3v) is 12.0. The summed E-state index contributed by atoms with van der Waals surface area (Å²) in [5, 5.41) is 9.83. The predicted octanol–water partition coefficient (Wildman–Crippen LogP) is 13.8.